The molecule has 0 saturated heterocycles. The highest BCUT2D eigenvalue weighted by Crippen LogP contribution is 2.25. The molecule has 0 aromatic heterocycles. The first-order valence-electron chi connectivity index (χ1n) is 6.67. The fourth-order valence-corrected chi connectivity index (χ4v) is 2.11. The van der Waals surface area contributed by atoms with E-state index >= 15 is 0 Å². The van der Waals surface area contributed by atoms with E-state index < -0.39 is 18.0 Å². The van der Waals surface area contributed by atoms with Gasteiger partial charge in [0.15, 0.2) is 0 Å². The average Bonchev–Trinajstić information content (AvgIpc) is 2.48. The van der Waals surface area contributed by atoms with Gasteiger partial charge in [0.05, 0.1) is 0 Å². The molecule has 1 unspecified atom stereocenters. The maximum Gasteiger partial charge on any atom is 0.328 e. The molecular weight excluding hydrogens is 286 g/mol. The fourth-order valence-electron chi connectivity index (χ4n) is 2.11. The first kappa shape index (κ1) is 15.5. The van der Waals surface area contributed by atoms with Gasteiger partial charge in [-0.25, -0.2) is 4.79 Å². The molecule has 0 spiro atoms. The van der Waals surface area contributed by atoms with Crippen LogP contribution < -0.4 is 0 Å². The van der Waals surface area contributed by atoms with Crippen LogP contribution in [0.15, 0.2) is 41.4 Å². The Labute approximate surface area is 126 Å². The van der Waals surface area contributed by atoms with Crippen molar-refractivity contribution in [2.75, 3.05) is 0 Å². The van der Waals surface area contributed by atoms with E-state index in [2.05, 4.69) is 4.99 Å². The average molecular weight is 301 g/mol. The minimum Gasteiger partial charge on any atom is -0.507 e. The van der Waals surface area contributed by atoms with Crippen LogP contribution in [0.3, 0.4) is 0 Å². The van der Waals surface area contributed by atoms with Crippen LogP contribution in [-0.2, 0) is 9.59 Å². The molecule has 0 fully saturated rings. The third kappa shape index (κ3) is 3.60. The number of hydrogen-bond acceptors (Lipinski definition) is 4. The van der Waals surface area contributed by atoms with Crippen molar-refractivity contribution in [1.82, 2.24) is 0 Å². The molecular formula is C16H15NO5. The number of aromatic hydroxyl groups is 1. The Balaban J connectivity index is 2.33. The van der Waals surface area contributed by atoms with Gasteiger partial charge in [-0.2, -0.15) is 0 Å². The van der Waals surface area contributed by atoms with Crippen molar-refractivity contribution >= 4 is 28.9 Å². The monoisotopic (exact) mass is 301 g/mol. The van der Waals surface area contributed by atoms with Crippen LogP contribution in [0, 0.1) is 0 Å². The van der Waals surface area contributed by atoms with Gasteiger partial charge in [-0.1, -0.05) is 30.3 Å². The Hall–Kier alpha value is -2.89. The Morgan fingerprint density at radius 3 is 2.55 bits per heavy atom. The zero-order chi connectivity index (χ0) is 16.1. The number of hydrogen-bond donors (Lipinski definition) is 3. The summed E-state index contributed by atoms with van der Waals surface area (Å²) in [5.74, 6) is -2.28. The summed E-state index contributed by atoms with van der Waals surface area (Å²) < 4.78 is 0. The second-order valence-electron chi connectivity index (χ2n) is 4.78. The predicted molar refractivity (Wildman–Crippen MR) is 81.5 cm³/mol. The quantitative estimate of drug-likeness (QED) is 0.709. The van der Waals surface area contributed by atoms with E-state index in [1.54, 1.807) is 18.2 Å². The van der Waals surface area contributed by atoms with Crippen LogP contribution in [0.25, 0.3) is 10.8 Å². The van der Waals surface area contributed by atoms with E-state index in [0.717, 1.165) is 10.8 Å². The van der Waals surface area contributed by atoms with Gasteiger partial charge >= 0.3 is 11.9 Å². The van der Waals surface area contributed by atoms with Gasteiger partial charge in [0, 0.05) is 18.2 Å². The molecule has 0 amide bonds. The Kier molecular flexibility index (Phi) is 4.73. The molecule has 6 nitrogen and oxygen atoms in total. The first-order valence-corrected chi connectivity index (χ1v) is 6.67. The topological polar surface area (TPSA) is 107 Å². The van der Waals surface area contributed by atoms with Gasteiger partial charge in [0.1, 0.15) is 11.8 Å². The standard InChI is InChI=1S/C16H15NO5/c18-14-7-5-10-3-1-2-4-11(10)12(14)9-17-13(16(21)22)6-8-15(19)20/h1-5,7,9,13,18H,6,8H2,(H,19,20)(H,21,22). The Morgan fingerprint density at radius 1 is 1.14 bits per heavy atom. The molecule has 0 radical (unpaired) electrons. The number of fused-ring (bicyclic) bond motifs is 1. The molecule has 0 bridgehead atoms. The molecule has 0 aliphatic carbocycles. The second-order valence-corrected chi connectivity index (χ2v) is 4.78. The van der Waals surface area contributed by atoms with Gasteiger partial charge in [0.2, 0.25) is 0 Å². The SMILES string of the molecule is O=C(O)CCC(N=Cc1c(O)ccc2ccccc12)C(=O)O. The van der Waals surface area contributed by atoms with Crippen LogP contribution >= 0.6 is 0 Å². The highest BCUT2D eigenvalue weighted by Gasteiger charge is 2.17. The van der Waals surface area contributed by atoms with Crippen molar-refractivity contribution < 1.29 is 24.9 Å². The number of nitrogens with zero attached hydrogens (tertiary/aromatic N) is 1. The normalized spacial score (nSPS) is 12.5. The van der Waals surface area contributed by atoms with Crippen LogP contribution in [0.2, 0.25) is 0 Å². The minimum atomic E-state index is -1.20. The zero-order valence-electron chi connectivity index (χ0n) is 11.6. The largest absolute Gasteiger partial charge is 0.507 e. The molecule has 6 heteroatoms. The summed E-state index contributed by atoms with van der Waals surface area (Å²) in [6, 6.07) is 9.42. The highest BCUT2D eigenvalue weighted by molar-refractivity contribution is 6.02. The number of carboxylic acid groups (broad SMARTS) is 2. The number of carboxylic acids is 2. The third-order valence-electron chi connectivity index (χ3n) is 3.25. The summed E-state index contributed by atoms with van der Waals surface area (Å²) in [7, 11) is 0. The lowest BCUT2D eigenvalue weighted by molar-refractivity contribution is -0.139. The van der Waals surface area contributed by atoms with E-state index in [9.17, 15) is 14.7 Å². The second kappa shape index (κ2) is 6.71. The summed E-state index contributed by atoms with van der Waals surface area (Å²) in [6.45, 7) is 0. The van der Waals surface area contributed by atoms with E-state index in [-0.39, 0.29) is 18.6 Å². The predicted octanol–water partition coefficient (Wildman–Crippen LogP) is 2.28. The van der Waals surface area contributed by atoms with Gasteiger partial charge in [-0.15, -0.1) is 0 Å². The molecule has 3 N–H and O–H groups in total. The van der Waals surface area contributed by atoms with E-state index in [1.165, 1.54) is 12.3 Å². The third-order valence-corrected chi connectivity index (χ3v) is 3.25. The molecule has 2 aromatic carbocycles. The smallest absolute Gasteiger partial charge is 0.328 e. The lowest BCUT2D eigenvalue weighted by Gasteiger charge is -2.07. The zero-order valence-corrected chi connectivity index (χ0v) is 11.6. The van der Waals surface area contributed by atoms with Crippen molar-refractivity contribution in [3.8, 4) is 5.75 Å². The molecule has 114 valence electrons. The van der Waals surface area contributed by atoms with Crippen molar-refractivity contribution in [3.63, 3.8) is 0 Å². The molecule has 0 aliphatic rings. The van der Waals surface area contributed by atoms with Gasteiger partial charge in [-0.05, 0) is 23.3 Å². The Bertz CT molecular complexity index is 738. The first-order chi connectivity index (χ1) is 10.5. The summed E-state index contributed by atoms with van der Waals surface area (Å²) >= 11 is 0. The highest BCUT2D eigenvalue weighted by atomic mass is 16.4. The summed E-state index contributed by atoms with van der Waals surface area (Å²) in [5.41, 5.74) is 0.416. The van der Waals surface area contributed by atoms with Gasteiger partial charge in [-0.3, -0.25) is 9.79 Å². The van der Waals surface area contributed by atoms with Crippen molar-refractivity contribution in [1.29, 1.82) is 0 Å². The van der Waals surface area contributed by atoms with Crippen LogP contribution in [-0.4, -0.2) is 39.5 Å². The lowest BCUT2D eigenvalue weighted by Crippen LogP contribution is -2.19. The van der Waals surface area contributed by atoms with Gasteiger partial charge in [0.25, 0.3) is 0 Å². The summed E-state index contributed by atoms with van der Waals surface area (Å²) in [5, 5.41) is 29.3. The maximum atomic E-state index is 11.1. The number of phenolic OH excluding ortho intramolecular Hbond substituents is 1. The van der Waals surface area contributed by atoms with Crippen LogP contribution in [0.1, 0.15) is 18.4 Å². The van der Waals surface area contributed by atoms with Crippen LogP contribution in [0.5, 0.6) is 5.75 Å². The van der Waals surface area contributed by atoms with E-state index in [0.29, 0.717) is 5.56 Å². The molecule has 0 aliphatic heterocycles. The number of aliphatic carboxylic acids is 2. The van der Waals surface area contributed by atoms with Crippen LogP contribution in [0.4, 0.5) is 0 Å². The molecule has 2 rings (SSSR count). The van der Waals surface area contributed by atoms with Crippen molar-refractivity contribution in [3.05, 3.63) is 42.0 Å². The van der Waals surface area contributed by atoms with E-state index in [1.807, 2.05) is 12.1 Å². The molecule has 0 saturated carbocycles. The lowest BCUT2D eigenvalue weighted by atomic mass is 10.0. The number of rotatable bonds is 6. The molecule has 2 aromatic rings. The molecule has 1 atom stereocenters. The summed E-state index contributed by atoms with van der Waals surface area (Å²) in [6.07, 6.45) is 0.904. The number of benzene rings is 2. The molecule has 0 heterocycles. The summed E-state index contributed by atoms with van der Waals surface area (Å²) in [4.78, 5) is 25.6. The minimum absolute atomic E-state index is 0.00942. The van der Waals surface area contributed by atoms with Gasteiger partial charge < -0.3 is 15.3 Å². The number of phenols is 1. The molecule has 22 heavy (non-hydrogen) atoms. The number of carbonyl (C=O) groups is 2. The fraction of sp³-hybridized carbons (Fsp3) is 0.188. The number of aliphatic imine (C=N–C) groups is 1. The van der Waals surface area contributed by atoms with E-state index in [4.69, 9.17) is 10.2 Å². The van der Waals surface area contributed by atoms with Crippen molar-refractivity contribution in [2.24, 2.45) is 4.99 Å². The van der Waals surface area contributed by atoms with Crippen molar-refractivity contribution in [2.45, 2.75) is 18.9 Å². The Morgan fingerprint density at radius 2 is 1.86 bits per heavy atom. The maximum absolute atomic E-state index is 11.1.